The number of hydrogen-bond donors (Lipinski definition) is 3. The van der Waals surface area contributed by atoms with Gasteiger partial charge >= 0.3 is 0 Å². The van der Waals surface area contributed by atoms with E-state index in [0.717, 1.165) is 0 Å². The van der Waals surface area contributed by atoms with Gasteiger partial charge in [-0.15, -0.1) is 0 Å². The third-order valence-electron chi connectivity index (χ3n) is 0.918. The van der Waals surface area contributed by atoms with Crippen molar-refractivity contribution in [2.75, 3.05) is 0 Å². The highest BCUT2D eigenvalue weighted by molar-refractivity contribution is 5.86. The third kappa shape index (κ3) is 4.12. The van der Waals surface area contributed by atoms with Gasteiger partial charge in [0.1, 0.15) is 0 Å². The van der Waals surface area contributed by atoms with Crippen LogP contribution in [0.5, 0.6) is 0 Å². The number of aliphatic hydroxyl groups excluding tert-OH is 2. The molecule has 0 amide bonds. The molecule has 0 saturated heterocycles. The van der Waals surface area contributed by atoms with Gasteiger partial charge in [-0.25, -0.2) is 0 Å². The Morgan fingerprint density at radius 3 is 2.22 bits per heavy atom. The summed E-state index contributed by atoms with van der Waals surface area (Å²) in [6, 6.07) is 0. The minimum absolute atomic E-state index is 0.0741. The molecule has 0 heterocycles. The van der Waals surface area contributed by atoms with Gasteiger partial charge in [-0.2, -0.15) is 0 Å². The van der Waals surface area contributed by atoms with Gasteiger partial charge in [-0.05, 0) is 13.8 Å². The predicted molar refractivity (Wildman–Crippen MR) is 35.4 cm³/mol. The molecule has 0 aliphatic heterocycles. The molecular formula is C6H12NO2. The van der Waals surface area contributed by atoms with Gasteiger partial charge in [-0.3, -0.25) is 0 Å². The Morgan fingerprint density at radius 2 is 2.11 bits per heavy atom. The fourth-order valence-electron chi connectivity index (χ4n) is 0.454. The first kappa shape index (κ1) is 8.59. The summed E-state index contributed by atoms with van der Waals surface area (Å²) in [6.45, 7) is 4.78. The molecule has 2 unspecified atom stereocenters. The summed E-state index contributed by atoms with van der Waals surface area (Å²) in [4.78, 5) is 0. The molecule has 3 heteroatoms. The molecule has 2 atom stereocenters. The molecule has 0 aliphatic carbocycles. The highest BCUT2D eigenvalue weighted by atomic mass is 16.3. The first-order chi connectivity index (χ1) is 4.04. The van der Waals surface area contributed by atoms with Crippen molar-refractivity contribution < 1.29 is 10.2 Å². The number of nitrogens with one attached hydrogen (secondary N) is 1. The Morgan fingerprint density at radius 1 is 1.67 bits per heavy atom. The van der Waals surface area contributed by atoms with E-state index in [2.05, 4.69) is 6.92 Å². The molecule has 53 valence electrons. The maximum Gasteiger partial charge on any atom is 0.0916 e. The van der Waals surface area contributed by atoms with E-state index in [1.165, 1.54) is 0 Å². The van der Waals surface area contributed by atoms with E-state index in [1.54, 1.807) is 6.92 Å². The van der Waals surface area contributed by atoms with Gasteiger partial charge in [0.2, 0.25) is 0 Å². The Kier molecular flexibility index (Phi) is 3.42. The number of aliphatic hydroxyl groups is 2. The molecule has 0 bridgehead atoms. The van der Waals surface area contributed by atoms with Crippen molar-refractivity contribution in [3.63, 3.8) is 0 Å². The molecule has 0 aliphatic rings. The summed E-state index contributed by atoms with van der Waals surface area (Å²) in [5.74, 6) is 0. The lowest BCUT2D eigenvalue weighted by molar-refractivity contribution is 0.196. The van der Waals surface area contributed by atoms with E-state index in [1.807, 2.05) is 0 Å². The molecule has 1 radical (unpaired) electrons. The van der Waals surface area contributed by atoms with E-state index < -0.39 is 12.2 Å². The highest BCUT2D eigenvalue weighted by Gasteiger charge is 2.06. The minimum Gasteiger partial charge on any atom is -0.393 e. The van der Waals surface area contributed by atoms with E-state index in [9.17, 15) is 0 Å². The quantitative estimate of drug-likeness (QED) is 0.470. The summed E-state index contributed by atoms with van der Waals surface area (Å²) in [7, 11) is 0. The Hall–Kier alpha value is -0.410. The Labute approximate surface area is 54.8 Å². The minimum atomic E-state index is -0.973. The fourth-order valence-corrected chi connectivity index (χ4v) is 0.454. The molecule has 9 heavy (non-hydrogen) atoms. The Bertz CT molecular complexity index is 99.2. The van der Waals surface area contributed by atoms with E-state index in [4.69, 9.17) is 15.6 Å². The lowest BCUT2D eigenvalue weighted by Crippen LogP contribution is -2.20. The molecule has 0 fully saturated rings. The summed E-state index contributed by atoms with van der Waals surface area (Å²) in [5, 5.41) is 24.3. The highest BCUT2D eigenvalue weighted by Crippen LogP contribution is 1.95. The first-order valence-electron chi connectivity index (χ1n) is 2.80. The SMILES string of the molecule is [CH2]C(O)C(=N)CC(C)O. The molecule has 0 aromatic carbocycles. The molecule has 0 rings (SSSR count). The van der Waals surface area contributed by atoms with Crippen LogP contribution >= 0.6 is 0 Å². The van der Waals surface area contributed by atoms with Crippen molar-refractivity contribution in [2.45, 2.75) is 25.6 Å². The van der Waals surface area contributed by atoms with E-state index in [-0.39, 0.29) is 12.1 Å². The van der Waals surface area contributed by atoms with Crippen LogP contribution in [0.25, 0.3) is 0 Å². The van der Waals surface area contributed by atoms with Crippen LogP contribution in [0.2, 0.25) is 0 Å². The van der Waals surface area contributed by atoms with Gasteiger partial charge in [0.15, 0.2) is 0 Å². The number of hydrogen-bond acceptors (Lipinski definition) is 3. The first-order valence-corrected chi connectivity index (χ1v) is 2.80. The Balaban J connectivity index is 3.51. The van der Waals surface area contributed by atoms with Crippen molar-refractivity contribution in [3.8, 4) is 0 Å². The second-order valence-corrected chi connectivity index (χ2v) is 2.09. The zero-order valence-corrected chi connectivity index (χ0v) is 5.46. The zero-order valence-electron chi connectivity index (χ0n) is 5.46. The molecule has 3 N–H and O–H groups in total. The van der Waals surface area contributed by atoms with Crippen molar-refractivity contribution in [1.29, 1.82) is 5.41 Å². The van der Waals surface area contributed by atoms with Crippen molar-refractivity contribution in [3.05, 3.63) is 6.92 Å². The van der Waals surface area contributed by atoms with Crippen molar-refractivity contribution in [1.82, 2.24) is 0 Å². The maximum atomic E-state index is 8.69. The largest absolute Gasteiger partial charge is 0.393 e. The van der Waals surface area contributed by atoms with Gasteiger partial charge < -0.3 is 15.6 Å². The van der Waals surface area contributed by atoms with E-state index >= 15 is 0 Å². The normalized spacial score (nSPS) is 16.9. The summed E-state index contributed by atoms with van der Waals surface area (Å²) < 4.78 is 0. The average Bonchev–Trinajstić information content (AvgIpc) is 1.63. The second kappa shape index (κ2) is 3.58. The number of rotatable bonds is 3. The third-order valence-corrected chi connectivity index (χ3v) is 0.918. The molecule has 0 saturated carbocycles. The van der Waals surface area contributed by atoms with Crippen molar-refractivity contribution in [2.24, 2.45) is 0 Å². The van der Waals surface area contributed by atoms with Gasteiger partial charge in [-0.1, -0.05) is 0 Å². The van der Waals surface area contributed by atoms with Crippen LogP contribution in [0.1, 0.15) is 13.3 Å². The summed E-state index contributed by atoms with van der Waals surface area (Å²) in [6.07, 6.45) is -1.33. The van der Waals surface area contributed by atoms with Crippen LogP contribution in [-0.4, -0.2) is 28.1 Å². The second-order valence-electron chi connectivity index (χ2n) is 2.09. The molecule has 0 aromatic heterocycles. The van der Waals surface area contributed by atoms with Crippen LogP contribution in [0.3, 0.4) is 0 Å². The standard InChI is InChI=1S/C6H12NO2/c1-4(8)3-6(7)5(2)9/h4-5,7-9H,2-3H2,1H3. The fraction of sp³-hybridized carbons (Fsp3) is 0.667. The van der Waals surface area contributed by atoms with Gasteiger partial charge in [0.25, 0.3) is 0 Å². The van der Waals surface area contributed by atoms with Crippen molar-refractivity contribution >= 4 is 5.71 Å². The molecule has 3 nitrogen and oxygen atoms in total. The van der Waals surface area contributed by atoms with Crippen LogP contribution in [-0.2, 0) is 0 Å². The molecular weight excluding hydrogens is 118 g/mol. The smallest absolute Gasteiger partial charge is 0.0916 e. The summed E-state index contributed by atoms with van der Waals surface area (Å²) in [5.41, 5.74) is 0.0741. The monoisotopic (exact) mass is 130 g/mol. The van der Waals surface area contributed by atoms with Crippen LogP contribution < -0.4 is 0 Å². The van der Waals surface area contributed by atoms with Crippen LogP contribution in [0.4, 0.5) is 0 Å². The zero-order chi connectivity index (χ0) is 7.44. The maximum absolute atomic E-state index is 8.69. The lowest BCUT2D eigenvalue weighted by Gasteiger charge is -2.07. The van der Waals surface area contributed by atoms with Gasteiger partial charge in [0, 0.05) is 12.1 Å². The summed E-state index contributed by atoms with van der Waals surface area (Å²) >= 11 is 0. The average molecular weight is 130 g/mol. The van der Waals surface area contributed by atoms with Gasteiger partial charge in [0.05, 0.1) is 12.2 Å². The van der Waals surface area contributed by atoms with Crippen LogP contribution in [0, 0.1) is 12.3 Å². The molecule has 0 spiro atoms. The topological polar surface area (TPSA) is 64.3 Å². The van der Waals surface area contributed by atoms with E-state index in [0.29, 0.717) is 0 Å². The lowest BCUT2D eigenvalue weighted by atomic mass is 10.1. The predicted octanol–water partition coefficient (Wildman–Crippen LogP) is -0.0279. The van der Waals surface area contributed by atoms with Crippen LogP contribution in [0.15, 0.2) is 0 Å². The molecule has 0 aromatic rings.